The van der Waals surface area contributed by atoms with Crippen molar-refractivity contribution >= 4 is 11.6 Å². The molecule has 0 saturated carbocycles. The van der Waals surface area contributed by atoms with E-state index in [1.807, 2.05) is 42.5 Å². The molecule has 0 aliphatic heterocycles. The lowest BCUT2D eigenvalue weighted by Gasteiger charge is -2.07. The molecule has 0 bridgehead atoms. The van der Waals surface area contributed by atoms with E-state index in [-0.39, 0.29) is 0 Å². The quantitative estimate of drug-likeness (QED) is 0.714. The number of halogens is 1. The van der Waals surface area contributed by atoms with Crippen molar-refractivity contribution in [2.75, 3.05) is 7.11 Å². The van der Waals surface area contributed by atoms with Gasteiger partial charge in [0.15, 0.2) is 0 Å². The van der Waals surface area contributed by atoms with Gasteiger partial charge in [-0.2, -0.15) is 5.26 Å². The second kappa shape index (κ2) is 7.12. The second-order valence-corrected chi connectivity index (χ2v) is 5.60. The van der Waals surface area contributed by atoms with Crippen molar-refractivity contribution in [2.45, 2.75) is 6.42 Å². The molecule has 118 valence electrons. The molecule has 3 rings (SSSR count). The Bertz CT molecular complexity index is 918. The van der Waals surface area contributed by atoms with Gasteiger partial charge in [-0.3, -0.25) is 0 Å². The van der Waals surface area contributed by atoms with Crippen LogP contribution in [0.5, 0.6) is 5.75 Å². The molecule has 0 aliphatic carbocycles. The lowest BCUT2D eigenvalue weighted by atomic mass is 10.1. The topological polar surface area (TPSA) is 58.8 Å². The Labute approximate surface area is 145 Å². The first kappa shape index (κ1) is 16.0. The number of aromatic nitrogens is 2. The lowest BCUT2D eigenvalue weighted by Crippen LogP contribution is -1.98. The summed E-state index contributed by atoms with van der Waals surface area (Å²) in [6.45, 7) is 0. The molecule has 4 nitrogen and oxygen atoms in total. The van der Waals surface area contributed by atoms with Gasteiger partial charge in [0, 0.05) is 18.2 Å². The van der Waals surface area contributed by atoms with Crippen LogP contribution in [0.15, 0.2) is 54.7 Å². The third kappa shape index (κ3) is 3.53. The van der Waals surface area contributed by atoms with Gasteiger partial charge in [-0.25, -0.2) is 9.97 Å². The van der Waals surface area contributed by atoms with Crippen LogP contribution in [-0.2, 0) is 6.42 Å². The summed E-state index contributed by atoms with van der Waals surface area (Å²) in [6.07, 6.45) is 2.29. The number of hydrogen-bond acceptors (Lipinski definition) is 4. The fourth-order valence-electron chi connectivity index (χ4n) is 2.40. The molecule has 0 unspecified atom stereocenters. The van der Waals surface area contributed by atoms with Crippen molar-refractivity contribution in [3.63, 3.8) is 0 Å². The molecule has 0 spiro atoms. The van der Waals surface area contributed by atoms with Crippen molar-refractivity contribution in [1.29, 1.82) is 5.26 Å². The number of hydrogen-bond donors (Lipinski definition) is 0. The fourth-order valence-corrected chi connectivity index (χ4v) is 2.68. The third-order valence-corrected chi connectivity index (χ3v) is 3.87. The van der Waals surface area contributed by atoms with Crippen LogP contribution in [0.4, 0.5) is 0 Å². The summed E-state index contributed by atoms with van der Waals surface area (Å²) >= 11 is 6.16. The predicted molar refractivity (Wildman–Crippen MR) is 93.0 cm³/mol. The van der Waals surface area contributed by atoms with E-state index in [1.54, 1.807) is 19.4 Å². The number of ether oxygens (including phenoxy) is 1. The van der Waals surface area contributed by atoms with Gasteiger partial charge in [-0.15, -0.1) is 0 Å². The average Bonchev–Trinajstić information content (AvgIpc) is 2.62. The van der Waals surface area contributed by atoms with Crippen molar-refractivity contribution in [3.8, 4) is 23.1 Å². The van der Waals surface area contributed by atoms with Crippen LogP contribution in [-0.4, -0.2) is 17.1 Å². The Morgan fingerprint density at radius 1 is 1.17 bits per heavy atom. The maximum Gasteiger partial charge on any atom is 0.137 e. The Kier molecular flexibility index (Phi) is 4.74. The maximum atomic E-state index is 9.02. The number of methoxy groups -OCH3 is 1. The molecule has 3 aromatic rings. The van der Waals surface area contributed by atoms with Crippen LogP contribution >= 0.6 is 11.6 Å². The van der Waals surface area contributed by atoms with Gasteiger partial charge in [-0.05, 0) is 35.9 Å². The molecule has 0 aliphatic rings. The number of benzene rings is 2. The highest BCUT2D eigenvalue weighted by Crippen LogP contribution is 2.26. The van der Waals surface area contributed by atoms with Gasteiger partial charge in [0.1, 0.15) is 11.6 Å². The van der Waals surface area contributed by atoms with E-state index in [9.17, 15) is 0 Å². The Morgan fingerprint density at radius 3 is 2.79 bits per heavy atom. The average molecular weight is 336 g/mol. The van der Waals surface area contributed by atoms with E-state index in [4.69, 9.17) is 21.6 Å². The normalized spacial score (nSPS) is 10.2. The standard InChI is InChI=1S/C19H14ClN3O/c1-24-18-6-5-13(10-16(18)20)11-19-22-8-7-17(23-19)15-4-2-3-14(9-15)12-21/h2-10H,11H2,1H3. The first-order valence-corrected chi connectivity index (χ1v) is 7.72. The lowest BCUT2D eigenvalue weighted by molar-refractivity contribution is 0.415. The predicted octanol–water partition coefficient (Wildman–Crippen LogP) is 4.27. The molecule has 0 amide bonds. The zero-order valence-electron chi connectivity index (χ0n) is 13.0. The molecule has 1 heterocycles. The highest BCUT2D eigenvalue weighted by Gasteiger charge is 2.07. The van der Waals surface area contributed by atoms with Gasteiger partial charge in [-0.1, -0.05) is 29.8 Å². The Morgan fingerprint density at radius 2 is 2.04 bits per heavy atom. The monoisotopic (exact) mass is 335 g/mol. The summed E-state index contributed by atoms with van der Waals surface area (Å²) in [5, 5.41) is 9.58. The van der Waals surface area contributed by atoms with Crippen molar-refractivity contribution in [3.05, 3.63) is 76.7 Å². The van der Waals surface area contributed by atoms with Gasteiger partial charge < -0.3 is 4.74 Å². The summed E-state index contributed by atoms with van der Waals surface area (Å²) in [5.41, 5.74) is 3.29. The van der Waals surface area contributed by atoms with Crippen molar-refractivity contribution in [1.82, 2.24) is 9.97 Å². The molecular weight excluding hydrogens is 322 g/mol. The summed E-state index contributed by atoms with van der Waals surface area (Å²) < 4.78 is 5.16. The van der Waals surface area contributed by atoms with Crippen LogP contribution < -0.4 is 4.74 Å². The first-order chi connectivity index (χ1) is 11.7. The zero-order valence-corrected chi connectivity index (χ0v) is 13.8. The minimum Gasteiger partial charge on any atom is -0.495 e. The van der Waals surface area contributed by atoms with E-state index in [0.717, 1.165) is 16.8 Å². The van der Waals surface area contributed by atoms with Gasteiger partial charge in [0.25, 0.3) is 0 Å². The minimum absolute atomic E-state index is 0.563. The fraction of sp³-hybridized carbons (Fsp3) is 0.105. The molecule has 0 atom stereocenters. The largest absolute Gasteiger partial charge is 0.495 e. The van der Waals surface area contributed by atoms with E-state index >= 15 is 0 Å². The molecule has 2 aromatic carbocycles. The summed E-state index contributed by atoms with van der Waals surface area (Å²) in [7, 11) is 1.59. The van der Waals surface area contributed by atoms with E-state index in [2.05, 4.69) is 16.0 Å². The van der Waals surface area contributed by atoms with E-state index in [0.29, 0.717) is 28.6 Å². The summed E-state index contributed by atoms with van der Waals surface area (Å²) in [4.78, 5) is 8.92. The van der Waals surface area contributed by atoms with Gasteiger partial charge >= 0.3 is 0 Å². The van der Waals surface area contributed by atoms with Crippen LogP contribution in [0.3, 0.4) is 0 Å². The Balaban J connectivity index is 1.88. The van der Waals surface area contributed by atoms with E-state index < -0.39 is 0 Å². The number of rotatable bonds is 4. The highest BCUT2D eigenvalue weighted by atomic mass is 35.5. The molecular formula is C19H14ClN3O. The van der Waals surface area contributed by atoms with Crippen LogP contribution in [0.2, 0.25) is 5.02 Å². The highest BCUT2D eigenvalue weighted by molar-refractivity contribution is 6.32. The molecule has 0 saturated heterocycles. The number of nitriles is 1. The van der Waals surface area contributed by atoms with Crippen LogP contribution in [0, 0.1) is 11.3 Å². The zero-order chi connectivity index (χ0) is 16.9. The smallest absolute Gasteiger partial charge is 0.137 e. The first-order valence-electron chi connectivity index (χ1n) is 7.34. The maximum absolute atomic E-state index is 9.02. The second-order valence-electron chi connectivity index (χ2n) is 5.20. The molecule has 1 aromatic heterocycles. The minimum atomic E-state index is 0.563. The molecule has 0 radical (unpaired) electrons. The van der Waals surface area contributed by atoms with Crippen molar-refractivity contribution < 1.29 is 4.74 Å². The molecule has 5 heteroatoms. The SMILES string of the molecule is COc1ccc(Cc2nccc(-c3cccc(C#N)c3)n2)cc1Cl. The van der Waals surface area contributed by atoms with Gasteiger partial charge in [0.2, 0.25) is 0 Å². The Hall–Kier alpha value is -2.90. The number of nitrogens with zero attached hydrogens (tertiary/aromatic N) is 3. The third-order valence-electron chi connectivity index (χ3n) is 3.57. The molecule has 0 fully saturated rings. The summed E-state index contributed by atoms with van der Waals surface area (Å²) in [6, 6.07) is 17.0. The van der Waals surface area contributed by atoms with Crippen molar-refractivity contribution in [2.24, 2.45) is 0 Å². The van der Waals surface area contributed by atoms with Gasteiger partial charge in [0.05, 0.1) is 29.5 Å². The van der Waals surface area contributed by atoms with E-state index in [1.165, 1.54) is 0 Å². The summed E-state index contributed by atoms with van der Waals surface area (Å²) in [5.74, 6) is 1.33. The molecule has 0 N–H and O–H groups in total. The van der Waals surface area contributed by atoms with Crippen LogP contribution in [0.1, 0.15) is 17.0 Å². The molecule has 24 heavy (non-hydrogen) atoms. The van der Waals surface area contributed by atoms with Crippen LogP contribution in [0.25, 0.3) is 11.3 Å².